The third-order valence-corrected chi connectivity index (χ3v) is 5.09. The Morgan fingerprint density at radius 3 is 2.64 bits per heavy atom. The van der Waals surface area contributed by atoms with Crippen LogP contribution in [0.5, 0.6) is 17.4 Å². The Hall–Kier alpha value is -3.12. The van der Waals surface area contributed by atoms with Gasteiger partial charge in [0.15, 0.2) is 0 Å². The first-order valence-electron chi connectivity index (χ1n) is 9.30. The molecule has 0 saturated carbocycles. The van der Waals surface area contributed by atoms with Gasteiger partial charge in [0, 0.05) is 30.6 Å². The largest absolute Gasteiger partial charge is 0.508 e. The Balaban J connectivity index is 1.90. The van der Waals surface area contributed by atoms with Crippen molar-refractivity contribution >= 4 is 0 Å². The smallest absolute Gasteiger partial charge is 0.228 e. The molecule has 1 atom stereocenters. The van der Waals surface area contributed by atoms with Crippen LogP contribution in [0.1, 0.15) is 28.2 Å². The van der Waals surface area contributed by atoms with Crippen LogP contribution in [0.2, 0.25) is 0 Å². The van der Waals surface area contributed by atoms with Crippen LogP contribution < -0.4 is 10.2 Å². The molecule has 0 aliphatic carbocycles. The van der Waals surface area contributed by atoms with Gasteiger partial charge in [-0.15, -0.1) is 0 Å². The van der Waals surface area contributed by atoms with Crippen molar-refractivity contribution in [2.45, 2.75) is 19.4 Å². The number of phenolic OH excluding ortho intramolecular Hbond substituents is 1. The summed E-state index contributed by atoms with van der Waals surface area (Å²) in [5.74, 6) is 0.977. The van der Waals surface area contributed by atoms with E-state index in [0.29, 0.717) is 23.7 Å². The summed E-state index contributed by atoms with van der Waals surface area (Å²) < 4.78 is 7.84. The summed E-state index contributed by atoms with van der Waals surface area (Å²) in [6, 6.07) is 13.5. The summed E-state index contributed by atoms with van der Waals surface area (Å²) in [6.07, 6.45) is 1.66. The predicted molar refractivity (Wildman–Crippen MR) is 107 cm³/mol. The second-order valence-electron chi connectivity index (χ2n) is 7.48. The fourth-order valence-electron chi connectivity index (χ4n) is 3.54. The molecular weight excluding hydrogens is 352 g/mol. The summed E-state index contributed by atoms with van der Waals surface area (Å²) >= 11 is 0. The van der Waals surface area contributed by atoms with Crippen LogP contribution in [-0.4, -0.2) is 40.2 Å². The number of nitrogens with zero attached hydrogens (tertiary/aromatic N) is 3. The minimum absolute atomic E-state index is 0.146. The number of hydrogen-bond acceptors (Lipinski definition) is 5. The van der Waals surface area contributed by atoms with Gasteiger partial charge in [-0.25, -0.2) is 4.98 Å². The molecule has 0 spiro atoms. The zero-order valence-corrected chi connectivity index (χ0v) is 16.3. The number of hydrogen-bond donors (Lipinski definition) is 2. The zero-order chi connectivity index (χ0) is 19.8. The first kappa shape index (κ1) is 18.3. The number of nitrogens with one attached hydrogen (secondary N) is 1. The van der Waals surface area contributed by atoms with Gasteiger partial charge in [-0.05, 0) is 32.6 Å². The van der Waals surface area contributed by atoms with Gasteiger partial charge < -0.3 is 19.3 Å². The summed E-state index contributed by atoms with van der Waals surface area (Å²) in [5, 5.41) is 18.8. The summed E-state index contributed by atoms with van der Waals surface area (Å²) in [7, 11) is 4.02. The van der Waals surface area contributed by atoms with E-state index in [1.165, 1.54) is 5.56 Å². The lowest BCUT2D eigenvalue weighted by molar-refractivity contribution is 0.370. The topological polar surface area (TPSA) is 74.4 Å². The highest BCUT2D eigenvalue weighted by Gasteiger charge is 2.32. The number of aromatic nitrogens is 2. The molecular formula is C22H24N4O2. The minimum Gasteiger partial charge on any atom is -0.508 e. The van der Waals surface area contributed by atoms with E-state index in [9.17, 15) is 5.11 Å². The van der Waals surface area contributed by atoms with Gasteiger partial charge >= 0.3 is 0 Å². The summed E-state index contributed by atoms with van der Waals surface area (Å²) in [5.41, 5.74) is 4.33. The highest BCUT2D eigenvalue weighted by molar-refractivity contribution is 5.57. The standard InChI is InChI=1S/C22H24N4O2/c1-14-4-6-15(7-5-14)19-17-9-8-16(27)12-18(17)28-22-20(19)21(23)26(13-24-22)11-10-25(2)3/h4-9,12-13,19,23,27H,10-11H2,1-3H3. The fourth-order valence-corrected chi connectivity index (χ4v) is 3.54. The van der Waals surface area contributed by atoms with Crippen molar-refractivity contribution in [3.8, 4) is 17.4 Å². The number of benzene rings is 2. The molecule has 0 amide bonds. The maximum atomic E-state index is 9.90. The van der Waals surface area contributed by atoms with Gasteiger partial charge in [0.1, 0.15) is 23.3 Å². The molecule has 1 aliphatic rings. The van der Waals surface area contributed by atoms with E-state index < -0.39 is 0 Å². The number of aryl methyl sites for hydroxylation is 1. The molecule has 1 unspecified atom stereocenters. The molecule has 0 fully saturated rings. The van der Waals surface area contributed by atoms with Crippen LogP contribution in [0.3, 0.4) is 0 Å². The molecule has 6 heteroatoms. The number of ether oxygens (including phenoxy) is 1. The first-order valence-corrected chi connectivity index (χ1v) is 9.30. The summed E-state index contributed by atoms with van der Waals surface area (Å²) in [4.78, 5) is 6.58. The van der Waals surface area contributed by atoms with Crippen molar-refractivity contribution in [2.75, 3.05) is 20.6 Å². The van der Waals surface area contributed by atoms with Crippen molar-refractivity contribution in [3.63, 3.8) is 0 Å². The predicted octanol–water partition coefficient (Wildman–Crippen LogP) is 3.22. The number of aromatic hydroxyl groups is 1. The van der Waals surface area contributed by atoms with E-state index in [1.807, 2.05) is 24.7 Å². The van der Waals surface area contributed by atoms with E-state index in [0.717, 1.165) is 23.2 Å². The molecule has 2 heterocycles. The lowest BCUT2D eigenvalue weighted by Crippen LogP contribution is -2.32. The Labute approximate surface area is 164 Å². The monoisotopic (exact) mass is 376 g/mol. The lowest BCUT2D eigenvalue weighted by Gasteiger charge is -2.28. The SMILES string of the molecule is Cc1ccc(C2c3ccc(O)cc3Oc3ncn(CCN(C)C)c(=N)c32)cc1. The van der Waals surface area contributed by atoms with Gasteiger partial charge in [0.25, 0.3) is 0 Å². The number of phenols is 1. The maximum absolute atomic E-state index is 9.90. The van der Waals surface area contributed by atoms with Crippen molar-refractivity contribution in [1.82, 2.24) is 14.5 Å². The van der Waals surface area contributed by atoms with Crippen molar-refractivity contribution < 1.29 is 9.84 Å². The van der Waals surface area contributed by atoms with Crippen molar-refractivity contribution in [1.29, 1.82) is 5.41 Å². The van der Waals surface area contributed by atoms with Crippen molar-refractivity contribution in [2.24, 2.45) is 0 Å². The Kier molecular flexibility index (Phi) is 4.65. The van der Waals surface area contributed by atoms with E-state index in [2.05, 4.69) is 41.1 Å². The molecule has 2 N–H and O–H groups in total. The highest BCUT2D eigenvalue weighted by atomic mass is 16.5. The van der Waals surface area contributed by atoms with Gasteiger partial charge in [0.2, 0.25) is 5.88 Å². The van der Waals surface area contributed by atoms with Crippen LogP contribution in [-0.2, 0) is 6.54 Å². The van der Waals surface area contributed by atoms with Gasteiger partial charge in [0.05, 0.1) is 5.56 Å². The molecule has 28 heavy (non-hydrogen) atoms. The average Bonchev–Trinajstić information content (AvgIpc) is 2.66. The number of rotatable bonds is 4. The maximum Gasteiger partial charge on any atom is 0.228 e. The van der Waals surface area contributed by atoms with Gasteiger partial charge in [-0.1, -0.05) is 35.9 Å². The molecule has 0 bridgehead atoms. The molecule has 1 aromatic heterocycles. The fraction of sp³-hybridized carbons (Fsp3) is 0.273. The normalized spacial score (nSPS) is 15.1. The molecule has 6 nitrogen and oxygen atoms in total. The average molecular weight is 376 g/mol. The van der Waals surface area contributed by atoms with E-state index in [-0.39, 0.29) is 11.7 Å². The molecule has 144 valence electrons. The van der Waals surface area contributed by atoms with E-state index >= 15 is 0 Å². The molecule has 0 radical (unpaired) electrons. The van der Waals surface area contributed by atoms with E-state index in [4.69, 9.17) is 10.1 Å². The lowest BCUT2D eigenvalue weighted by atomic mass is 9.83. The number of fused-ring (bicyclic) bond motifs is 2. The van der Waals surface area contributed by atoms with Gasteiger partial charge in [-0.2, -0.15) is 0 Å². The third kappa shape index (κ3) is 3.27. The van der Waals surface area contributed by atoms with Crippen LogP contribution in [0.4, 0.5) is 0 Å². The molecule has 1 aliphatic heterocycles. The second-order valence-corrected chi connectivity index (χ2v) is 7.48. The molecule has 4 rings (SSSR count). The van der Waals surface area contributed by atoms with Crippen LogP contribution in [0.25, 0.3) is 0 Å². The molecule has 0 saturated heterocycles. The first-order chi connectivity index (χ1) is 13.4. The quantitative estimate of drug-likeness (QED) is 0.573. The molecule has 3 aromatic rings. The third-order valence-electron chi connectivity index (χ3n) is 5.09. The van der Waals surface area contributed by atoms with Crippen molar-refractivity contribution in [3.05, 3.63) is 76.5 Å². The van der Waals surface area contributed by atoms with Crippen LogP contribution >= 0.6 is 0 Å². The Morgan fingerprint density at radius 1 is 1.18 bits per heavy atom. The van der Waals surface area contributed by atoms with Gasteiger partial charge in [-0.3, -0.25) is 5.41 Å². The van der Waals surface area contributed by atoms with Crippen LogP contribution in [0.15, 0.2) is 48.8 Å². The minimum atomic E-state index is -0.174. The number of likely N-dealkylation sites (N-methyl/N-ethyl adjacent to an activating group) is 1. The summed E-state index contributed by atoms with van der Waals surface area (Å²) in [6.45, 7) is 3.55. The van der Waals surface area contributed by atoms with E-state index in [1.54, 1.807) is 18.5 Å². The highest BCUT2D eigenvalue weighted by Crippen LogP contribution is 2.45. The Morgan fingerprint density at radius 2 is 1.93 bits per heavy atom. The zero-order valence-electron chi connectivity index (χ0n) is 16.3. The second kappa shape index (κ2) is 7.13. The Bertz CT molecular complexity index is 1070. The molecule has 2 aromatic carbocycles. The van der Waals surface area contributed by atoms with Crippen LogP contribution in [0, 0.1) is 12.3 Å².